The van der Waals surface area contributed by atoms with E-state index >= 15 is 0 Å². The molecule has 1 aromatic heterocycles. The summed E-state index contributed by atoms with van der Waals surface area (Å²) >= 11 is 0. The minimum atomic E-state index is -1.02. The van der Waals surface area contributed by atoms with Crippen molar-refractivity contribution in [1.29, 1.82) is 0 Å². The highest BCUT2D eigenvalue weighted by atomic mass is 16.5. The van der Waals surface area contributed by atoms with E-state index in [1.54, 1.807) is 20.8 Å². The van der Waals surface area contributed by atoms with E-state index in [9.17, 15) is 14.4 Å². The molecule has 0 saturated carbocycles. The summed E-state index contributed by atoms with van der Waals surface area (Å²) in [7, 11) is 0. The van der Waals surface area contributed by atoms with Gasteiger partial charge in [0.15, 0.2) is 6.10 Å². The molecule has 7 heteroatoms. The van der Waals surface area contributed by atoms with Crippen molar-refractivity contribution in [3.8, 4) is 0 Å². The number of aryl methyl sites for hydroxylation is 2. The number of anilines is 1. The highest BCUT2D eigenvalue weighted by molar-refractivity contribution is 6.01. The van der Waals surface area contributed by atoms with E-state index in [0.717, 1.165) is 16.8 Å². The highest BCUT2D eigenvalue weighted by Gasteiger charge is 2.27. The van der Waals surface area contributed by atoms with Gasteiger partial charge in [0.25, 0.3) is 5.91 Å². The lowest BCUT2D eigenvalue weighted by molar-refractivity contribution is -0.123. The van der Waals surface area contributed by atoms with Crippen LogP contribution in [0.3, 0.4) is 0 Å². The maximum absolute atomic E-state index is 12.7. The van der Waals surface area contributed by atoms with Crippen molar-refractivity contribution in [2.45, 2.75) is 60.5 Å². The predicted molar refractivity (Wildman–Crippen MR) is 115 cm³/mol. The quantitative estimate of drug-likeness (QED) is 0.654. The van der Waals surface area contributed by atoms with Gasteiger partial charge in [-0.25, -0.2) is 9.59 Å². The molecule has 0 unspecified atom stereocenters. The maximum Gasteiger partial charge on any atom is 0.355 e. The summed E-state index contributed by atoms with van der Waals surface area (Å²) in [4.78, 5) is 40.3. The van der Waals surface area contributed by atoms with Crippen molar-refractivity contribution >= 4 is 23.5 Å². The summed E-state index contributed by atoms with van der Waals surface area (Å²) in [6, 6.07) is 5.83. The molecule has 0 spiro atoms. The highest BCUT2D eigenvalue weighted by Crippen LogP contribution is 2.28. The lowest BCUT2D eigenvalue weighted by Crippen LogP contribution is -2.31. The summed E-state index contributed by atoms with van der Waals surface area (Å²) in [6.45, 7) is 12.8. The smallest absolute Gasteiger partial charge is 0.355 e. The Balaban J connectivity index is 2.16. The third-order valence-electron chi connectivity index (χ3n) is 4.95. The Morgan fingerprint density at radius 1 is 1.07 bits per heavy atom. The molecule has 0 fully saturated rings. The second kappa shape index (κ2) is 9.61. The molecular weight excluding hydrogens is 384 g/mol. The van der Waals surface area contributed by atoms with Crippen molar-refractivity contribution < 1.29 is 23.9 Å². The topological polar surface area (TPSA) is 97.5 Å². The van der Waals surface area contributed by atoms with Crippen molar-refractivity contribution in [2.75, 3.05) is 11.9 Å². The molecule has 30 heavy (non-hydrogen) atoms. The van der Waals surface area contributed by atoms with Crippen LogP contribution in [0, 0.1) is 20.8 Å². The van der Waals surface area contributed by atoms with Crippen molar-refractivity contribution in [2.24, 2.45) is 0 Å². The molecule has 2 N–H and O–H groups in total. The number of H-pyrrole nitrogens is 1. The summed E-state index contributed by atoms with van der Waals surface area (Å²) in [5.41, 5.74) is 4.06. The first-order chi connectivity index (χ1) is 14.1. The Kier molecular flexibility index (Phi) is 7.43. The van der Waals surface area contributed by atoms with Gasteiger partial charge in [0.2, 0.25) is 0 Å². The average molecular weight is 415 g/mol. The number of benzene rings is 1. The van der Waals surface area contributed by atoms with E-state index in [0.29, 0.717) is 16.8 Å². The van der Waals surface area contributed by atoms with Crippen LogP contribution in [0.5, 0.6) is 0 Å². The molecule has 0 saturated heterocycles. The van der Waals surface area contributed by atoms with Gasteiger partial charge in [-0.1, -0.05) is 32.0 Å². The zero-order valence-electron chi connectivity index (χ0n) is 18.6. The Morgan fingerprint density at radius 2 is 1.73 bits per heavy atom. The van der Waals surface area contributed by atoms with E-state index < -0.39 is 23.9 Å². The summed E-state index contributed by atoms with van der Waals surface area (Å²) < 4.78 is 10.4. The largest absolute Gasteiger partial charge is 0.462 e. The van der Waals surface area contributed by atoms with Crippen LogP contribution in [0.15, 0.2) is 18.2 Å². The molecule has 1 heterocycles. The zero-order valence-corrected chi connectivity index (χ0v) is 18.6. The van der Waals surface area contributed by atoms with Crippen molar-refractivity contribution in [3.05, 3.63) is 51.8 Å². The molecule has 162 valence electrons. The Bertz CT molecular complexity index is 959. The van der Waals surface area contributed by atoms with Crippen molar-refractivity contribution in [1.82, 2.24) is 4.98 Å². The Hall–Kier alpha value is -3.09. The monoisotopic (exact) mass is 414 g/mol. The summed E-state index contributed by atoms with van der Waals surface area (Å²) in [5.74, 6) is -1.41. The fourth-order valence-electron chi connectivity index (χ4n) is 3.30. The molecule has 2 aromatic rings. The van der Waals surface area contributed by atoms with Crippen LogP contribution in [0.25, 0.3) is 0 Å². The van der Waals surface area contributed by atoms with Gasteiger partial charge in [0.05, 0.1) is 12.2 Å². The minimum absolute atomic E-state index is 0.133. The van der Waals surface area contributed by atoms with Gasteiger partial charge in [0, 0.05) is 11.4 Å². The third kappa shape index (κ3) is 4.90. The van der Waals surface area contributed by atoms with E-state index in [-0.39, 0.29) is 18.2 Å². The van der Waals surface area contributed by atoms with E-state index in [4.69, 9.17) is 9.47 Å². The molecule has 0 aliphatic carbocycles. The first-order valence-electron chi connectivity index (χ1n) is 10.1. The van der Waals surface area contributed by atoms with E-state index in [1.807, 2.05) is 39.0 Å². The van der Waals surface area contributed by atoms with Crippen LogP contribution in [0.2, 0.25) is 0 Å². The maximum atomic E-state index is 12.7. The lowest BCUT2D eigenvalue weighted by Gasteiger charge is -2.19. The molecule has 0 bridgehead atoms. The number of rotatable bonds is 7. The summed E-state index contributed by atoms with van der Waals surface area (Å²) in [6.07, 6.45) is -1.02. The number of aromatic nitrogens is 1. The van der Waals surface area contributed by atoms with Gasteiger partial charge in [-0.2, -0.15) is 0 Å². The van der Waals surface area contributed by atoms with Gasteiger partial charge in [0.1, 0.15) is 5.69 Å². The number of carbonyl (C=O) groups is 3. The molecule has 1 amide bonds. The second-order valence-electron chi connectivity index (χ2n) is 7.58. The van der Waals surface area contributed by atoms with Crippen LogP contribution < -0.4 is 5.32 Å². The molecule has 1 aromatic carbocycles. The molecule has 7 nitrogen and oxygen atoms in total. The number of carbonyl (C=O) groups excluding carboxylic acids is 3. The fourth-order valence-corrected chi connectivity index (χ4v) is 3.30. The average Bonchev–Trinajstić information content (AvgIpc) is 2.97. The first kappa shape index (κ1) is 23.2. The number of aromatic amines is 1. The van der Waals surface area contributed by atoms with Crippen LogP contribution in [0.4, 0.5) is 5.69 Å². The van der Waals surface area contributed by atoms with Gasteiger partial charge in [-0.15, -0.1) is 0 Å². The lowest BCUT2D eigenvalue weighted by atomic mass is 9.98. The first-order valence-corrected chi connectivity index (χ1v) is 10.1. The van der Waals surface area contributed by atoms with Crippen LogP contribution in [0.1, 0.15) is 76.8 Å². The number of nitrogens with one attached hydrogen (secondary N) is 2. The van der Waals surface area contributed by atoms with Gasteiger partial charge in [-0.05, 0) is 57.2 Å². The molecule has 2 rings (SSSR count). The summed E-state index contributed by atoms with van der Waals surface area (Å²) in [5, 5.41) is 2.88. The minimum Gasteiger partial charge on any atom is -0.462 e. The SMILES string of the molecule is CCOC(=O)c1c(C)[nH]c(C(=O)O[C@H](C)C(=O)Nc2c(C)cccc2C(C)C)c1C. The van der Waals surface area contributed by atoms with Crippen LogP contribution >= 0.6 is 0 Å². The van der Waals surface area contributed by atoms with Crippen molar-refractivity contribution in [3.63, 3.8) is 0 Å². The second-order valence-corrected chi connectivity index (χ2v) is 7.58. The number of hydrogen-bond acceptors (Lipinski definition) is 5. The standard InChI is InChI=1S/C23H30N2O5/c1-8-29-22(27)18-14(5)20(24-15(18)6)23(28)30-16(7)21(26)25-19-13(4)10-9-11-17(19)12(2)3/h9-12,16,24H,8H2,1-7H3,(H,25,26)/t16-/m1/s1. The predicted octanol–water partition coefficient (Wildman–Crippen LogP) is 4.42. The Labute approximate surface area is 177 Å². The van der Waals surface area contributed by atoms with Gasteiger partial charge in [-0.3, -0.25) is 4.79 Å². The van der Waals surface area contributed by atoms with Crippen LogP contribution in [-0.4, -0.2) is 35.5 Å². The number of esters is 2. The van der Waals surface area contributed by atoms with Gasteiger partial charge >= 0.3 is 11.9 Å². The number of amides is 1. The van der Waals surface area contributed by atoms with E-state index in [2.05, 4.69) is 10.3 Å². The van der Waals surface area contributed by atoms with Gasteiger partial charge < -0.3 is 19.8 Å². The normalized spacial score (nSPS) is 11.9. The van der Waals surface area contributed by atoms with Crippen LogP contribution in [-0.2, 0) is 14.3 Å². The molecule has 0 aliphatic heterocycles. The number of ether oxygens (including phenoxy) is 2. The molecule has 0 aliphatic rings. The molecular formula is C23H30N2O5. The fraction of sp³-hybridized carbons (Fsp3) is 0.435. The molecule has 0 radical (unpaired) electrons. The number of hydrogen-bond donors (Lipinski definition) is 2. The number of para-hydroxylation sites is 1. The third-order valence-corrected chi connectivity index (χ3v) is 4.95. The molecule has 1 atom stereocenters. The zero-order chi connectivity index (χ0) is 22.6. The Morgan fingerprint density at radius 3 is 2.33 bits per heavy atom. The van der Waals surface area contributed by atoms with E-state index in [1.165, 1.54) is 6.92 Å².